The minimum Gasteiger partial charge on any atom is -0.419 e. The quantitative estimate of drug-likeness (QED) is 0.192. The van der Waals surface area contributed by atoms with E-state index in [0.717, 1.165) is 44.5 Å². The topological polar surface area (TPSA) is 44.3 Å². The molecule has 1 aliphatic rings. The summed E-state index contributed by atoms with van der Waals surface area (Å²) in [5.41, 5.74) is 9.61. The maximum atomic E-state index is 6.32. The van der Waals surface area contributed by atoms with Crippen LogP contribution >= 0.6 is 0 Å². The van der Waals surface area contributed by atoms with Crippen molar-refractivity contribution in [1.82, 2.24) is 14.1 Å². The predicted molar refractivity (Wildman–Crippen MR) is 208 cm³/mol. The van der Waals surface area contributed by atoms with E-state index < -0.39 is 0 Å². The van der Waals surface area contributed by atoms with Gasteiger partial charge in [0.2, 0.25) is 11.8 Å². The molecule has 0 fully saturated rings. The average Bonchev–Trinajstić information content (AvgIpc) is 3.81. The first kappa shape index (κ1) is 28.3. The second-order valence-corrected chi connectivity index (χ2v) is 12.6. The van der Waals surface area contributed by atoms with Gasteiger partial charge in [0.05, 0.1) is 33.2 Å². The number of para-hydroxylation sites is 3. The Kier molecular flexibility index (Phi) is 6.33. The molecule has 0 amide bonds. The third-order valence-corrected chi connectivity index (χ3v) is 9.78. The van der Waals surface area contributed by atoms with Gasteiger partial charge in [-0.1, -0.05) is 97.1 Å². The Balaban J connectivity index is 1.19. The number of hydrogen-bond donors (Lipinski definition) is 0. The lowest BCUT2D eigenvalue weighted by Gasteiger charge is -2.08. The number of rotatable bonds is 4. The first-order valence-corrected chi connectivity index (χ1v) is 16.9. The highest BCUT2D eigenvalue weighted by atomic mass is 16.5. The van der Waals surface area contributed by atoms with Crippen LogP contribution in [0.15, 0.2) is 163 Å². The van der Waals surface area contributed by atoms with Gasteiger partial charge in [0.15, 0.2) is 0 Å². The number of nitrogens with zero attached hydrogens (tertiary/aromatic N) is 4. The van der Waals surface area contributed by atoms with Crippen molar-refractivity contribution < 1.29 is 4.74 Å². The maximum Gasteiger partial charge on any atom is 0.230 e. The van der Waals surface area contributed by atoms with E-state index in [1.807, 2.05) is 19.2 Å². The van der Waals surface area contributed by atoms with Crippen molar-refractivity contribution in [3.63, 3.8) is 0 Å². The summed E-state index contributed by atoms with van der Waals surface area (Å²) in [7, 11) is 0. The molecule has 0 N–H and O–H groups in total. The van der Waals surface area contributed by atoms with Crippen LogP contribution in [0.1, 0.15) is 12.5 Å². The summed E-state index contributed by atoms with van der Waals surface area (Å²) in [6.07, 6.45) is 7.72. The van der Waals surface area contributed by atoms with Gasteiger partial charge in [0, 0.05) is 51.4 Å². The first-order valence-electron chi connectivity index (χ1n) is 16.9. The van der Waals surface area contributed by atoms with Gasteiger partial charge in [-0.15, -0.1) is 0 Å². The lowest BCUT2D eigenvalue weighted by Crippen LogP contribution is -2.03. The van der Waals surface area contributed by atoms with Gasteiger partial charge >= 0.3 is 0 Å². The van der Waals surface area contributed by atoms with Crippen LogP contribution < -0.4 is 4.74 Å². The van der Waals surface area contributed by atoms with E-state index in [9.17, 15) is 0 Å². The normalized spacial score (nSPS) is 14.7. The summed E-state index contributed by atoms with van der Waals surface area (Å²) < 4.78 is 10.9. The van der Waals surface area contributed by atoms with Crippen LogP contribution in [0.2, 0.25) is 0 Å². The van der Waals surface area contributed by atoms with E-state index in [1.54, 1.807) is 6.20 Å². The summed E-state index contributed by atoms with van der Waals surface area (Å²) in [4.78, 5) is 9.57. The third-order valence-electron chi connectivity index (χ3n) is 9.78. The Hall–Kier alpha value is -6.72. The zero-order valence-corrected chi connectivity index (χ0v) is 27.3. The molecule has 1 aliphatic heterocycles. The number of hydrogen-bond acceptors (Lipinski definition) is 3. The fourth-order valence-electron chi connectivity index (χ4n) is 7.56. The van der Waals surface area contributed by atoms with Crippen molar-refractivity contribution in [1.29, 1.82) is 0 Å². The highest BCUT2D eigenvalue weighted by Crippen LogP contribution is 2.41. The number of allylic oxidation sites excluding steroid dienone is 1. The van der Waals surface area contributed by atoms with E-state index in [2.05, 4.69) is 155 Å². The van der Waals surface area contributed by atoms with Crippen molar-refractivity contribution in [3.8, 4) is 22.7 Å². The van der Waals surface area contributed by atoms with Gasteiger partial charge in [-0.2, -0.15) is 0 Å². The van der Waals surface area contributed by atoms with E-state index >= 15 is 0 Å². The monoisotopic (exact) mass is 642 g/mol. The first-order chi connectivity index (χ1) is 24.8. The molecule has 0 saturated heterocycles. The number of aromatic nitrogens is 3. The van der Waals surface area contributed by atoms with Crippen LogP contribution in [-0.4, -0.2) is 20.0 Å². The summed E-state index contributed by atoms with van der Waals surface area (Å²) in [5, 5.41) is 7.31. The lowest BCUT2D eigenvalue weighted by molar-refractivity contribution is 0.547. The predicted octanol–water partition coefficient (Wildman–Crippen LogP) is 11.4. The molecule has 236 valence electrons. The molecule has 3 aromatic heterocycles. The minimum atomic E-state index is 0.525. The summed E-state index contributed by atoms with van der Waals surface area (Å²) >= 11 is 0. The third kappa shape index (κ3) is 4.27. The van der Waals surface area contributed by atoms with Gasteiger partial charge in [-0.3, -0.25) is 0 Å². The van der Waals surface area contributed by atoms with Crippen LogP contribution in [0.25, 0.3) is 83.0 Å². The van der Waals surface area contributed by atoms with Gasteiger partial charge in [-0.05, 0) is 71.8 Å². The number of aliphatic imine (C=N–C) groups is 1. The van der Waals surface area contributed by atoms with Gasteiger partial charge in [-0.25, -0.2) is 9.98 Å². The molecule has 4 heterocycles. The Labute approximate surface area is 288 Å². The molecule has 0 spiro atoms. The zero-order valence-electron chi connectivity index (χ0n) is 27.3. The molecule has 0 atom stereocenters. The number of benzene rings is 6. The van der Waals surface area contributed by atoms with Crippen molar-refractivity contribution in [2.75, 3.05) is 0 Å². The van der Waals surface area contributed by atoms with Crippen molar-refractivity contribution in [2.45, 2.75) is 6.92 Å². The van der Waals surface area contributed by atoms with Crippen molar-refractivity contribution in [2.24, 2.45) is 4.99 Å². The Bertz CT molecular complexity index is 2850. The van der Waals surface area contributed by atoms with Gasteiger partial charge in [0.1, 0.15) is 0 Å². The van der Waals surface area contributed by atoms with Crippen molar-refractivity contribution >= 4 is 72.1 Å². The standard InChI is InChI=1S/C45H30N4O/c1-2-24-46-45-38(28-48-39-18-10-8-16-34(39)35-17-9-11-19-40(35)48)36-26-31(27-47-44(36)50-45)30-21-22-41-37(25-30)43-33-15-7-6-12-29(33)20-23-42(43)49(41)32-13-4-3-5-14-32/h2-28H,1H3/b24-2-,38-28?,46-45?. The largest absolute Gasteiger partial charge is 0.419 e. The van der Waals surface area contributed by atoms with Crippen LogP contribution in [0, 0.1) is 0 Å². The molecule has 0 radical (unpaired) electrons. The Morgan fingerprint density at radius 3 is 2.10 bits per heavy atom. The number of fused-ring (bicyclic) bond motifs is 9. The fourth-order valence-corrected chi connectivity index (χ4v) is 7.56. The summed E-state index contributed by atoms with van der Waals surface area (Å²) in [6.45, 7) is 1.95. The molecule has 0 saturated carbocycles. The van der Waals surface area contributed by atoms with E-state index in [4.69, 9.17) is 14.7 Å². The zero-order chi connectivity index (χ0) is 33.2. The average molecular weight is 643 g/mol. The van der Waals surface area contributed by atoms with Crippen LogP contribution in [-0.2, 0) is 0 Å². The number of ether oxygens (including phenoxy) is 1. The van der Waals surface area contributed by atoms with Gasteiger partial charge < -0.3 is 13.9 Å². The fraction of sp³-hybridized carbons (Fsp3) is 0.0222. The van der Waals surface area contributed by atoms with E-state index in [0.29, 0.717) is 11.8 Å². The molecule has 0 aliphatic carbocycles. The second-order valence-electron chi connectivity index (χ2n) is 12.6. The molecule has 0 bridgehead atoms. The molecule has 10 rings (SSSR count). The smallest absolute Gasteiger partial charge is 0.230 e. The molecule has 5 nitrogen and oxygen atoms in total. The van der Waals surface area contributed by atoms with Crippen LogP contribution in [0.4, 0.5) is 0 Å². The Morgan fingerprint density at radius 1 is 0.620 bits per heavy atom. The lowest BCUT2D eigenvalue weighted by atomic mass is 9.99. The molecule has 0 unspecified atom stereocenters. The second kappa shape index (κ2) is 11.2. The minimum absolute atomic E-state index is 0.525. The molecule has 6 aromatic carbocycles. The highest BCUT2D eigenvalue weighted by Gasteiger charge is 2.28. The molecule has 50 heavy (non-hydrogen) atoms. The van der Waals surface area contributed by atoms with Crippen molar-refractivity contribution in [3.05, 3.63) is 164 Å². The molecular weight excluding hydrogens is 613 g/mol. The van der Waals surface area contributed by atoms with Crippen LogP contribution in [0.3, 0.4) is 0 Å². The van der Waals surface area contributed by atoms with E-state index in [-0.39, 0.29) is 0 Å². The Morgan fingerprint density at radius 2 is 1.32 bits per heavy atom. The SMILES string of the molecule is C/C=C\N=C1Oc2ncc(-c3ccc4c(c3)c3c5ccccc5ccc3n4-c3ccccc3)cc2C1=Cn1c2ccccc2c2ccccc21. The van der Waals surface area contributed by atoms with E-state index in [1.165, 1.54) is 37.8 Å². The van der Waals surface area contributed by atoms with Crippen LogP contribution in [0.5, 0.6) is 5.88 Å². The molecular formula is C45H30N4O. The number of pyridine rings is 1. The van der Waals surface area contributed by atoms with Gasteiger partial charge in [0.25, 0.3) is 0 Å². The molecule has 5 heteroatoms. The summed E-state index contributed by atoms with van der Waals surface area (Å²) in [5.74, 6) is 1.08. The highest BCUT2D eigenvalue weighted by molar-refractivity contribution is 6.28. The molecule has 9 aromatic rings. The maximum absolute atomic E-state index is 6.32. The summed E-state index contributed by atoms with van der Waals surface area (Å²) in [6, 6.07) is 49.7.